The summed E-state index contributed by atoms with van der Waals surface area (Å²) >= 11 is 3.64. The molecule has 0 aliphatic heterocycles. The first-order valence-corrected chi connectivity index (χ1v) is 8.47. The predicted molar refractivity (Wildman–Crippen MR) is 91.5 cm³/mol. The van der Waals surface area contributed by atoms with Gasteiger partial charge >= 0.3 is 0 Å². The monoisotopic (exact) mass is 349 g/mol. The van der Waals surface area contributed by atoms with E-state index in [1.165, 1.54) is 11.1 Å². The van der Waals surface area contributed by atoms with E-state index in [0.717, 1.165) is 36.2 Å². The fraction of sp³-hybridized carbons (Fsp3) is 0.471. The van der Waals surface area contributed by atoms with Crippen LogP contribution in [0.15, 0.2) is 35.1 Å². The van der Waals surface area contributed by atoms with Crippen LogP contribution < -0.4 is 5.32 Å². The van der Waals surface area contributed by atoms with E-state index >= 15 is 0 Å². The van der Waals surface area contributed by atoms with E-state index in [4.69, 9.17) is 0 Å². The van der Waals surface area contributed by atoms with Crippen molar-refractivity contribution in [1.82, 2.24) is 14.9 Å². The summed E-state index contributed by atoms with van der Waals surface area (Å²) in [5.74, 6) is 1.10. The van der Waals surface area contributed by atoms with Crippen LogP contribution in [0.1, 0.15) is 49.7 Å². The van der Waals surface area contributed by atoms with E-state index < -0.39 is 0 Å². The summed E-state index contributed by atoms with van der Waals surface area (Å²) in [4.78, 5) is 4.62. The lowest BCUT2D eigenvalue weighted by Gasteiger charge is -2.22. The van der Waals surface area contributed by atoms with Crippen LogP contribution in [0.4, 0.5) is 0 Å². The molecule has 1 unspecified atom stereocenters. The first-order valence-electron chi connectivity index (χ1n) is 7.68. The fourth-order valence-electron chi connectivity index (χ4n) is 2.58. The summed E-state index contributed by atoms with van der Waals surface area (Å²) in [6, 6.07) is 6.52. The van der Waals surface area contributed by atoms with Crippen molar-refractivity contribution in [3.05, 3.63) is 52.0 Å². The molecule has 1 atom stereocenters. The van der Waals surface area contributed by atoms with Crippen LogP contribution in [0.3, 0.4) is 0 Å². The number of hydrogen-bond donors (Lipinski definition) is 1. The van der Waals surface area contributed by atoms with Gasteiger partial charge < -0.3 is 9.88 Å². The summed E-state index contributed by atoms with van der Waals surface area (Å²) in [5.41, 5.74) is 2.57. The molecule has 1 aromatic heterocycles. The Morgan fingerprint density at radius 3 is 2.81 bits per heavy atom. The van der Waals surface area contributed by atoms with Crippen LogP contribution in [0, 0.1) is 6.92 Å². The second-order valence-electron chi connectivity index (χ2n) is 5.32. The topological polar surface area (TPSA) is 29.9 Å². The minimum Gasteiger partial charge on any atom is -0.333 e. The maximum atomic E-state index is 4.62. The first-order chi connectivity index (χ1) is 10.2. The highest BCUT2D eigenvalue weighted by atomic mass is 79.9. The van der Waals surface area contributed by atoms with E-state index in [-0.39, 0.29) is 6.04 Å². The van der Waals surface area contributed by atoms with Gasteiger partial charge in [0.1, 0.15) is 5.82 Å². The summed E-state index contributed by atoms with van der Waals surface area (Å²) in [6.07, 6.45) is 6.20. The van der Waals surface area contributed by atoms with Crippen LogP contribution >= 0.6 is 15.9 Å². The van der Waals surface area contributed by atoms with Crippen LogP contribution in [-0.4, -0.2) is 16.1 Å². The zero-order valence-electron chi connectivity index (χ0n) is 13.1. The number of hydrogen-bond acceptors (Lipinski definition) is 2. The van der Waals surface area contributed by atoms with E-state index in [2.05, 4.69) is 76.0 Å². The maximum absolute atomic E-state index is 4.62. The third kappa shape index (κ3) is 3.74. The number of rotatable bonds is 7. The molecule has 0 radical (unpaired) electrons. The van der Waals surface area contributed by atoms with Gasteiger partial charge in [-0.3, -0.25) is 0 Å². The summed E-state index contributed by atoms with van der Waals surface area (Å²) < 4.78 is 3.41. The van der Waals surface area contributed by atoms with Crippen molar-refractivity contribution in [1.29, 1.82) is 0 Å². The van der Waals surface area contributed by atoms with Gasteiger partial charge in [-0.25, -0.2) is 4.98 Å². The van der Waals surface area contributed by atoms with Crippen LogP contribution in [0.25, 0.3) is 0 Å². The minimum atomic E-state index is 0.143. The van der Waals surface area contributed by atoms with E-state index in [1.807, 2.05) is 6.20 Å². The molecule has 1 aromatic carbocycles. The van der Waals surface area contributed by atoms with Crippen molar-refractivity contribution in [2.45, 2.75) is 46.2 Å². The molecule has 0 saturated heterocycles. The molecule has 2 aromatic rings. The molecule has 4 heteroatoms. The van der Waals surface area contributed by atoms with Crippen molar-refractivity contribution in [2.75, 3.05) is 6.54 Å². The maximum Gasteiger partial charge on any atom is 0.130 e. The van der Waals surface area contributed by atoms with Crippen molar-refractivity contribution < 1.29 is 0 Å². The Kier molecular flexibility index (Phi) is 6.00. The van der Waals surface area contributed by atoms with Gasteiger partial charge in [0.05, 0.1) is 6.04 Å². The standard InChI is InChI=1S/C17H24BrN3/c1-4-9-19-16(14-7-6-8-15(18)13(14)3)17-20-10-12-21(17)11-5-2/h6-8,10,12,16,19H,4-5,9,11H2,1-3H3. The van der Waals surface area contributed by atoms with Crippen molar-refractivity contribution in [2.24, 2.45) is 0 Å². The van der Waals surface area contributed by atoms with E-state index in [9.17, 15) is 0 Å². The highest BCUT2D eigenvalue weighted by Crippen LogP contribution is 2.28. The van der Waals surface area contributed by atoms with E-state index in [1.54, 1.807) is 0 Å². The molecule has 3 nitrogen and oxygen atoms in total. The van der Waals surface area contributed by atoms with Crippen molar-refractivity contribution in [3.63, 3.8) is 0 Å². The molecule has 0 bridgehead atoms. The average molecular weight is 350 g/mol. The number of benzene rings is 1. The smallest absolute Gasteiger partial charge is 0.130 e. The third-order valence-corrected chi connectivity index (χ3v) is 4.55. The summed E-state index contributed by atoms with van der Waals surface area (Å²) in [5, 5.41) is 3.65. The van der Waals surface area contributed by atoms with Gasteiger partial charge in [-0.1, -0.05) is 41.9 Å². The number of imidazole rings is 1. The Bertz CT molecular complexity index is 577. The Morgan fingerprint density at radius 2 is 2.10 bits per heavy atom. The summed E-state index contributed by atoms with van der Waals surface area (Å²) in [7, 11) is 0. The highest BCUT2D eigenvalue weighted by Gasteiger charge is 2.20. The zero-order chi connectivity index (χ0) is 15.2. The average Bonchev–Trinajstić information content (AvgIpc) is 2.92. The molecule has 114 valence electrons. The van der Waals surface area contributed by atoms with Gasteiger partial charge in [-0.05, 0) is 43.5 Å². The molecule has 0 spiro atoms. The van der Waals surface area contributed by atoms with Crippen LogP contribution in [-0.2, 0) is 6.54 Å². The zero-order valence-corrected chi connectivity index (χ0v) is 14.7. The third-order valence-electron chi connectivity index (χ3n) is 3.69. The largest absolute Gasteiger partial charge is 0.333 e. The molecular weight excluding hydrogens is 326 g/mol. The fourth-order valence-corrected chi connectivity index (χ4v) is 2.96. The molecule has 1 N–H and O–H groups in total. The lowest BCUT2D eigenvalue weighted by molar-refractivity contribution is 0.528. The number of aromatic nitrogens is 2. The van der Waals surface area contributed by atoms with Gasteiger partial charge in [0.2, 0.25) is 0 Å². The van der Waals surface area contributed by atoms with E-state index in [0.29, 0.717) is 0 Å². The normalized spacial score (nSPS) is 12.6. The number of nitrogens with zero attached hydrogens (tertiary/aromatic N) is 2. The Balaban J connectivity index is 2.42. The van der Waals surface area contributed by atoms with Gasteiger partial charge in [-0.2, -0.15) is 0 Å². The summed E-state index contributed by atoms with van der Waals surface area (Å²) in [6.45, 7) is 8.54. The Morgan fingerprint density at radius 1 is 1.29 bits per heavy atom. The number of nitrogens with one attached hydrogen (secondary N) is 1. The van der Waals surface area contributed by atoms with Gasteiger partial charge in [0.15, 0.2) is 0 Å². The molecule has 21 heavy (non-hydrogen) atoms. The Labute approximate surface area is 135 Å². The molecule has 0 fully saturated rings. The number of halogens is 1. The SMILES string of the molecule is CCCNC(c1cccc(Br)c1C)c1nccn1CCC. The first kappa shape index (κ1) is 16.2. The second kappa shape index (κ2) is 7.76. The van der Waals surface area contributed by atoms with Crippen molar-refractivity contribution >= 4 is 15.9 Å². The van der Waals surface area contributed by atoms with Gasteiger partial charge in [-0.15, -0.1) is 0 Å². The molecular formula is C17H24BrN3. The predicted octanol–water partition coefficient (Wildman–Crippen LogP) is 4.45. The molecule has 2 rings (SSSR count). The van der Waals surface area contributed by atoms with Gasteiger partial charge in [0, 0.05) is 23.4 Å². The lowest BCUT2D eigenvalue weighted by atomic mass is 10.0. The molecule has 0 saturated carbocycles. The van der Waals surface area contributed by atoms with Crippen LogP contribution in [0.5, 0.6) is 0 Å². The molecule has 0 amide bonds. The lowest BCUT2D eigenvalue weighted by Crippen LogP contribution is -2.27. The number of aryl methyl sites for hydroxylation is 1. The highest BCUT2D eigenvalue weighted by molar-refractivity contribution is 9.10. The second-order valence-corrected chi connectivity index (χ2v) is 6.17. The minimum absolute atomic E-state index is 0.143. The Hall–Kier alpha value is -1.13. The van der Waals surface area contributed by atoms with Gasteiger partial charge in [0.25, 0.3) is 0 Å². The van der Waals surface area contributed by atoms with Crippen molar-refractivity contribution in [3.8, 4) is 0 Å². The molecule has 1 heterocycles. The van der Waals surface area contributed by atoms with Crippen LogP contribution in [0.2, 0.25) is 0 Å². The molecule has 0 aliphatic rings. The quantitative estimate of drug-likeness (QED) is 0.799. The molecule has 0 aliphatic carbocycles.